The van der Waals surface area contributed by atoms with E-state index in [0.717, 1.165) is 25.9 Å². The summed E-state index contributed by atoms with van der Waals surface area (Å²) in [5.74, 6) is -0.179. The van der Waals surface area contributed by atoms with Crippen molar-refractivity contribution in [3.63, 3.8) is 0 Å². The van der Waals surface area contributed by atoms with E-state index in [1.807, 2.05) is 0 Å². The second-order valence-corrected chi connectivity index (χ2v) is 5.50. The number of hydrogen-bond donors (Lipinski definition) is 2. The van der Waals surface area contributed by atoms with Gasteiger partial charge in [0.1, 0.15) is 5.82 Å². The highest BCUT2D eigenvalue weighted by atomic mass is 79.9. The van der Waals surface area contributed by atoms with Crippen molar-refractivity contribution in [1.29, 1.82) is 0 Å². The highest BCUT2D eigenvalue weighted by Crippen LogP contribution is 2.20. The first-order valence-electron chi connectivity index (χ1n) is 6.11. The lowest BCUT2D eigenvalue weighted by molar-refractivity contribution is -0.117. The molecule has 0 spiro atoms. The molecule has 1 atom stereocenters. The number of nitrogens with one attached hydrogen (secondary N) is 2. The number of hydrogen-bond acceptors (Lipinski definition) is 2. The summed E-state index contributed by atoms with van der Waals surface area (Å²) in [5.41, 5.74) is 0.243. The Labute approximate surface area is 114 Å². The third-order valence-corrected chi connectivity index (χ3v) is 3.57. The molecule has 2 N–H and O–H groups in total. The molecule has 18 heavy (non-hydrogen) atoms. The average Bonchev–Trinajstić information content (AvgIpc) is 2.34. The molecule has 1 saturated heterocycles. The number of carbonyl (C=O) groups is 1. The third-order valence-electron chi connectivity index (χ3n) is 3.08. The van der Waals surface area contributed by atoms with E-state index in [9.17, 15) is 9.18 Å². The van der Waals surface area contributed by atoms with Gasteiger partial charge in [-0.1, -0.05) is 15.9 Å². The molecule has 0 bridgehead atoms. The molecule has 1 fully saturated rings. The summed E-state index contributed by atoms with van der Waals surface area (Å²) < 4.78 is 14.2. The molecule has 5 heteroatoms. The normalized spacial score (nSPS) is 19.6. The van der Waals surface area contributed by atoms with Crippen molar-refractivity contribution in [3.8, 4) is 0 Å². The van der Waals surface area contributed by atoms with E-state index >= 15 is 0 Å². The van der Waals surface area contributed by atoms with Crippen molar-refractivity contribution < 1.29 is 9.18 Å². The molecule has 1 aromatic rings. The van der Waals surface area contributed by atoms with Gasteiger partial charge in [-0.25, -0.2) is 4.39 Å². The number of anilines is 1. The Balaban J connectivity index is 1.90. The molecular formula is C13H16BrFN2O. The van der Waals surface area contributed by atoms with Gasteiger partial charge in [-0.15, -0.1) is 0 Å². The Kier molecular flexibility index (Phi) is 4.72. The van der Waals surface area contributed by atoms with Crippen LogP contribution in [0.25, 0.3) is 0 Å². The summed E-state index contributed by atoms with van der Waals surface area (Å²) in [5, 5.41) is 5.88. The molecule has 1 amide bonds. The van der Waals surface area contributed by atoms with Gasteiger partial charge >= 0.3 is 0 Å². The molecular weight excluding hydrogens is 299 g/mol. The first-order valence-corrected chi connectivity index (χ1v) is 6.90. The maximum Gasteiger partial charge on any atom is 0.224 e. The molecule has 1 aliphatic heterocycles. The lowest BCUT2D eigenvalue weighted by atomic mass is 9.96. The Morgan fingerprint density at radius 1 is 1.56 bits per heavy atom. The predicted octanol–water partition coefficient (Wildman–Crippen LogP) is 2.92. The van der Waals surface area contributed by atoms with E-state index < -0.39 is 5.82 Å². The molecule has 1 unspecified atom stereocenters. The lowest BCUT2D eigenvalue weighted by Crippen LogP contribution is -2.32. The average molecular weight is 315 g/mol. The summed E-state index contributed by atoms with van der Waals surface area (Å²) in [6.45, 7) is 1.90. The molecule has 0 radical (unpaired) electrons. The zero-order valence-corrected chi connectivity index (χ0v) is 11.6. The Morgan fingerprint density at radius 2 is 2.39 bits per heavy atom. The van der Waals surface area contributed by atoms with Crippen molar-refractivity contribution in [2.24, 2.45) is 5.92 Å². The van der Waals surface area contributed by atoms with Crippen LogP contribution in [0.3, 0.4) is 0 Å². The van der Waals surface area contributed by atoms with Crippen LogP contribution in [0.4, 0.5) is 10.1 Å². The van der Waals surface area contributed by atoms with Crippen LogP contribution in [-0.4, -0.2) is 19.0 Å². The minimum atomic E-state index is -0.417. The van der Waals surface area contributed by atoms with Gasteiger partial charge in [-0.05, 0) is 50.0 Å². The minimum absolute atomic E-state index is 0.120. The largest absolute Gasteiger partial charge is 0.324 e. The summed E-state index contributed by atoms with van der Waals surface area (Å²) >= 11 is 3.18. The van der Waals surface area contributed by atoms with Crippen LogP contribution < -0.4 is 10.6 Å². The van der Waals surface area contributed by atoms with E-state index in [1.165, 1.54) is 6.07 Å². The first-order chi connectivity index (χ1) is 8.65. The number of rotatable bonds is 3. The van der Waals surface area contributed by atoms with Gasteiger partial charge in [0, 0.05) is 10.9 Å². The van der Waals surface area contributed by atoms with Crippen molar-refractivity contribution in [2.75, 3.05) is 18.4 Å². The van der Waals surface area contributed by atoms with E-state index in [4.69, 9.17) is 0 Å². The Bertz CT molecular complexity index is 433. The predicted molar refractivity (Wildman–Crippen MR) is 72.9 cm³/mol. The standard InChI is InChI=1S/C13H16BrFN2O/c14-10-3-4-12(11(15)7-10)17-13(18)6-9-2-1-5-16-8-9/h3-4,7,9,16H,1-2,5-6,8H2,(H,17,18). The second-order valence-electron chi connectivity index (χ2n) is 4.59. The smallest absolute Gasteiger partial charge is 0.224 e. The monoisotopic (exact) mass is 314 g/mol. The van der Waals surface area contributed by atoms with Gasteiger partial charge in [0.05, 0.1) is 5.69 Å². The summed E-state index contributed by atoms with van der Waals surface area (Å²) in [4.78, 5) is 11.8. The highest BCUT2D eigenvalue weighted by Gasteiger charge is 2.17. The van der Waals surface area contributed by atoms with Crippen LogP contribution in [-0.2, 0) is 4.79 Å². The van der Waals surface area contributed by atoms with Crippen LogP contribution in [0.1, 0.15) is 19.3 Å². The van der Waals surface area contributed by atoms with E-state index in [1.54, 1.807) is 12.1 Å². The molecule has 1 aliphatic rings. The number of halogens is 2. The fourth-order valence-electron chi connectivity index (χ4n) is 2.15. The lowest BCUT2D eigenvalue weighted by Gasteiger charge is -2.22. The fraction of sp³-hybridized carbons (Fsp3) is 0.462. The number of carbonyl (C=O) groups excluding carboxylic acids is 1. The van der Waals surface area contributed by atoms with Crippen LogP contribution in [0, 0.1) is 11.7 Å². The topological polar surface area (TPSA) is 41.1 Å². The maximum absolute atomic E-state index is 13.5. The van der Waals surface area contributed by atoms with Gasteiger partial charge in [0.25, 0.3) is 0 Å². The molecule has 0 aliphatic carbocycles. The van der Waals surface area contributed by atoms with Crippen LogP contribution in [0.5, 0.6) is 0 Å². The summed E-state index contributed by atoms with van der Waals surface area (Å²) in [6.07, 6.45) is 2.61. The first kappa shape index (κ1) is 13.5. The highest BCUT2D eigenvalue weighted by molar-refractivity contribution is 9.10. The van der Waals surface area contributed by atoms with E-state index in [2.05, 4.69) is 26.6 Å². The number of piperidine rings is 1. The van der Waals surface area contributed by atoms with Crippen molar-refractivity contribution >= 4 is 27.5 Å². The Hall–Kier alpha value is -0.940. The summed E-state index contributed by atoms with van der Waals surface area (Å²) in [6, 6.07) is 4.62. The third kappa shape index (κ3) is 3.78. The van der Waals surface area contributed by atoms with Crippen molar-refractivity contribution in [3.05, 3.63) is 28.5 Å². The van der Waals surface area contributed by atoms with Gasteiger partial charge in [0.15, 0.2) is 0 Å². The number of amides is 1. The van der Waals surface area contributed by atoms with Crippen LogP contribution in [0.2, 0.25) is 0 Å². The van der Waals surface area contributed by atoms with Crippen molar-refractivity contribution in [1.82, 2.24) is 5.32 Å². The van der Waals surface area contributed by atoms with Crippen LogP contribution >= 0.6 is 15.9 Å². The van der Waals surface area contributed by atoms with Gasteiger partial charge in [-0.3, -0.25) is 4.79 Å². The molecule has 1 heterocycles. The quantitative estimate of drug-likeness (QED) is 0.900. The Morgan fingerprint density at radius 3 is 3.06 bits per heavy atom. The molecule has 0 saturated carbocycles. The zero-order chi connectivity index (χ0) is 13.0. The second kappa shape index (κ2) is 6.29. The van der Waals surface area contributed by atoms with Crippen molar-refractivity contribution in [2.45, 2.75) is 19.3 Å². The fourth-order valence-corrected chi connectivity index (χ4v) is 2.49. The molecule has 3 nitrogen and oxygen atoms in total. The summed E-state index contributed by atoms with van der Waals surface area (Å²) in [7, 11) is 0. The maximum atomic E-state index is 13.5. The molecule has 2 rings (SSSR count). The minimum Gasteiger partial charge on any atom is -0.324 e. The van der Waals surface area contributed by atoms with Gasteiger partial charge in [0.2, 0.25) is 5.91 Å². The van der Waals surface area contributed by atoms with Gasteiger partial charge < -0.3 is 10.6 Å². The van der Waals surface area contributed by atoms with Gasteiger partial charge in [-0.2, -0.15) is 0 Å². The van der Waals surface area contributed by atoms with Crippen LogP contribution in [0.15, 0.2) is 22.7 Å². The van der Waals surface area contributed by atoms with E-state index in [-0.39, 0.29) is 11.6 Å². The van der Waals surface area contributed by atoms with E-state index in [0.29, 0.717) is 16.8 Å². The SMILES string of the molecule is O=C(CC1CCCNC1)Nc1ccc(Br)cc1F. The zero-order valence-electron chi connectivity index (χ0n) is 10.0. The molecule has 0 aromatic heterocycles. The number of benzene rings is 1. The molecule has 1 aromatic carbocycles. The molecule has 98 valence electrons.